The molecule has 0 radical (unpaired) electrons. The van der Waals surface area contributed by atoms with Crippen molar-refractivity contribution in [3.63, 3.8) is 0 Å². The van der Waals surface area contributed by atoms with Gasteiger partial charge in [0, 0.05) is 13.1 Å². The van der Waals surface area contributed by atoms with E-state index >= 15 is 0 Å². The maximum absolute atomic E-state index is 12.2. The molecule has 7 heteroatoms. The van der Waals surface area contributed by atoms with Gasteiger partial charge < -0.3 is 0 Å². The minimum absolute atomic E-state index is 0.0383. The molecule has 0 aromatic rings. The number of carbonyl (C=O) groups excluding carboxylic acids is 4. The van der Waals surface area contributed by atoms with Crippen molar-refractivity contribution in [3.8, 4) is 0 Å². The van der Waals surface area contributed by atoms with Crippen molar-refractivity contribution in [2.24, 2.45) is 0 Å². The number of hydrogen-bond acceptors (Lipinski definition) is 5. The van der Waals surface area contributed by atoms with E-state index in [2.05, 4.69) is 5.32 Å². The van der Waals surface area contributed by atoms with E-state index in [1.165, 1.54) is 11.9 Å². The maximum Gasteiger partial charge on any atom is 0.247 e. The highest BCUT2D eigenvalue weighted by atomic mass is 16.2. The predicted molar refractivity (Wildman–Crippen MR) is 69.3 cm³/mol. The lowest BCUT2D eigenvalue weighted by Gasteiger charge is -2.22. The molecule has 2 rings (SSSR count). The van der Waals surface area contributed by atoms with Crippen LogP contribution in [-0.4, -0.2) is 58.6 Å². The first-order chi connectivity index (χ1) is 9.36. The fourth-order valence-electron chi connectivity index (χ4n) is 2.56. The highest BCUT2D eigenvalue weighted by molar-refractivity contribution is 6.08. The molecular formula is C13H19N3O4. The molecule has 2 saturated heterocycles. The lowest BCUT2D eigenvalue weighted by Crippen LogP contribution is -2.48. The molecular weight excluding hydrogens is 262 g/mol. The SMILES string of the molecule is CCC(C)N1C(=O)CC(NC2CC(=O)N(C)C2=O)C1=O. The van der Waals surface area contributed by atoms with Gasteiger partial charge in [-0.1, -0.05) is 6.92 Å². The quantitative estimate of drug-likeness (QED) is 0.686. The number of hydrogen-bond donors (Lipinski definition) is 1. The zero-order valence-electron chi connectivity index (χ0n) is 11.9. The van der Waals surface area contributed by atoms with Crippen LogP contribution < -0.4 is 5.32 Å². The lowest BCUT2D eigenvalue weighted by atomic mass is 10.1. The Balaban J connectivity index is 2.05. The smallest absolute Gasteiger partial charge is 0.247 e. The zero-order valence-corrected chi connectivity index (χ0v) is 11.9. The van der Waals surface area contributed by atoms with Crippen molar-refractivity contribution in [2.45, 2.75) is 51.2 Å². The Morgan fingerprint density at radius 2 is 1.65 bits per heavy atom. The van der Waals surface area contributed by atoms with E-state index in [9.17, 15) is 19.2 Å². The molecule has 2 aliphatic rings. The van der Waals surface area contributed by atoms with Gasteiger partial charge in [0.2, 0.25) is 23.6 Å². The molecule has 20 heavy (non-hydrogen) atoms. The Labute approximate surface area is 117 Å². The zero-order chi connectivity index (χ0) is 15.0. The van der Waals surface area contributed by atoms with E-state index in [-0.39, 0.29) is 42.5 Å². The second-order valence-electron chi connectivity index (χ2n) is 5.33. The Bertz CT molecular complexity index is 476. The maximum atomic E-state index is 12.2. The highest BCUT2D eigenvalue weighted by Gasteiger charge is 2.44. The number of amides is 4. The van der Waals surface area contributed by atoms with Crippen LogP contribution in [0.5, 0.6) is 0 Å². The molecule has 7 nitrogen and oxygen atoms in total. The van der Waals surface area contributed by atoms with Gasteiger partial charge in [0.05, 0.1) is 24.9 Å². The molecule has 0 aliphatic carbocycles. The number of nitrogens with one attached hydrogen (secondary N) is 1. The molecule has 0 aromatic carbocycles. The van der Waals surface area contributed by atoms with E-state index in [0.29, 0.717) is 6.42 Å². The molecule has 2 fully saturated rings. The van der Waals surface area contributed by atoms with Gasteiger partial charge >= 0.3 is 0 Å². The summed E-state index contributed by atoms with van der Waals surface area (Å²) < 4.78 is 0. The summed E-state index contributed by atoms with van der Waals surface area (Å²) in [4.78, 5) is 49.6. The second-order valence-corrected chi connectivity index (χ2v) is 5.33. The predicted octanol–water partition coefficient (Wildman–Crippen LogP) is -0.741. The summed E-state index contributed by atoms with van der Waals surface area (Å²) in [6, 6.07) is -1.55. The van der Waals surface area contributed by atoms with E-state index < -0.39 is 12.1 Å². The Hall–Kier alpha value is -1.76. The summed E-state index contributed by atoms with van der Waals surface area (Å²) in [5, 5.41) is 2.85. The molecule has 0 aromatic heterocycles. The van der Waals surface area contributed by atoms with E-state index in [0.717, 1.165) is 4.90 Å². The summed E-state index contributed by atoms with van der Waals surface area (Å²) in [5.41, 5.74) is 0. The third-order valence-corrected chi connectivity index (χ3v) is 4.00. The van der Waals surface area contributed by atoms with Gasteiger partial charge in [0.15, 0.2) is 0 Å². The number of imide groups is 2. The van der Waals surface area contributed by atoms with Crippen LogP contribution in [0.15, 0.2) is 0 Å². The summed E-state index contributed by atoms with van der Waals surface area (Å²) >= 11 is 0. The van der Waals surface area contributed by atoms with E-state index in [1.807, 2.05) is 13.8 Å². The second kappa shape index (κ2) is 5.32. The van der Waals surface area contributed by atoms with Gasteiger partial charge in [0.25, 0.3) is 0 Å². The first-order valence-electron chi connectivity index (χ1n) is 6.79. The molecule has 3 atom stereocenters. The summed E-state index contributed by atoms with van der Waals surface area (Å²) in [6.45, 7) is 3.72. The highest BCUT2D eigenvalue weighted by Crippen LogP contribution is 2.20. The van der Waals surface area contributed by atoms with Gasteiger partial charge in [-0.25, -0.2) is 0 Å². The minimum atomic E-state index is -0.704. The first kappa shape index (κ1) is 14.6. The number of carbonyl (C=O) groups is 4. The van der Waals surface area contributed by atoms with Gasteiger partial charge in [0.1, 0.15) is 0 Å². The van der Waals surface area contributed by atoms with Crippen LogP contribution >= 0.6 is 0 Å². The summed E-state index contributed by atoms with van der Waals surface area (Å²) in [6.07, 6.45) is 0.773. The Morgan fingerprint density at radius 3 is 2.15 bits per heavy atom. The van der Waals surface area contributed by atoms with E-state index in [4.69, 9.17) is 0 Å². The monoisotopic (exact) mass is 281 g/mol. The topological polar surface area (TPSA) is 86.8 Å². The average molecular weight is 281 g/mol. The molecule has 4 amide bonds. The van der Waals surface area contributed by atoms with Crippen molar-refractivity contribution in [1.29, 1.82) is 0 Å². The van der Waals surface area contributed by atoms with Gasteiger partial charge in [-0.3, -0.25) is 34.3 Å². The molecule has 110 valence electrons. The summed E-state index contributed by atoms with van der Waals surface area (Å²) in [5.74, 6) is -1.16. The normalized spacial score (nSPS) is 28.8. The van der Waals surface area contributed by atoms with Gasteiger partial charge in [-0.15, -0.1) is 0 Å². The largest absolute Gasteiger partial charge is 0.294 e. The molecule has 0 saturated carbocycles. The first-order valence-corrected chi connectivity index (χ1v) is 6.79. The third kappa shape index (κ3) is 2.33. The van der Waals surface area contributed by atoms with Crippen LogP contribution in [0.4, 0.5) is 0 Å². The molecule has 2 heterocycles. The minimum Gasteiger partial charge on any atom is -0.294 e. The van der Waals surface area contributed by atoms with Crippen LogP contribution in [0.25, 0.3) is 0 Å². The van der Waals surface area contributed by atoms with Crippen molar-refractivity contribution in [3.05, 3.63) is 0 Å². The Morgan fingerprint density at radius 1 is 1.10 bits per heavy atom. The third-order valence-electron chi connectivity index (χ3n) is 4.00. The number of rotatable bonds is 4. The van der Waals surface area contributed by atoms with Crippen molar-refractivity contribution in [1.82, 2.24) is 15.1 Å². The van der Waals surface area contributed by atoms with Crippen LogP contribution in [0.1, 0.15) is 33.1 Å². The molecule has 3 unspecified atom stereocenters. The number of likely N-dealkylation sites (tertiary alicyclic amines) is 2. The molecule has 1 N–H and O–H groups in total. The van der Waals surface area contributed by atoms with Crippen molar-refractivity contribution in [2.75, 3.05) is 7.05 Å². The fourth-order valence-corrected chi connectivity index (χ4v) is 2.56. The number of nitrogens with zero attached hydrogens (tertiary/aromatic N) is 2. The van der Waals surface area contributed by atoms with Crippen LogP contribution in [0, 0.1) is 0 Å². The van der Waals surface area contributed by atoms with Crippen LogP contribution in [0.3, 0.4) is 0 Å². The van der Waals surface area contributed by atoms with E-state index in [1.54, 1.807) is 0 Å². The average Bonchev–Trinajstić information content (AvgIpc) is 2.81. The van der Waals surface area contributed by atoms with Crippen molar-refractivity contribution >= 4 is 23.6 Å². The lowest BCUT2D eigenvalue weighted by molar-refractivity contribution is -0.141. The standard InChI is InChI=1S/C13H19N3O4/c1-4-7(2)16-11(18)6-9(13(16)20)14-8-5-10(17)15(3)12(8)19/h7-9,14H,4-6H2,1-3H3. The fraction of sp³-hybridized carbons (Fsp3) is 0.692. The Kier molecular flexibility index (Phi) is 3.89. The molecule has 0 bridgehead atoms. The molecule has 0 spiro atoms. The van der Waals surface area contributed by atoms with Crippen LogP contribution in [0.2, 0.25) is 0 Å². The van der Waals surface area contributed by atoms with Crippen LogP contribution in [-0.2, 0) is 19.2 Å². The number of likely N-dealkylation sites (N-methyl/N-ethyl adjacent to an activating group) is 1. The van der Waals surface area contributed by atoms with Gasteiger partial charge in [-0.2, -0.15) is 0 Å². The molecule has 2 aliphatic heterocycles. The summed E-state index contributed by atoms with van der Waals surface area (Å²) in [7, 11) is 1.42. The van der Waals surface area contributed by atoms with Crippen molar-refractivity contribution < 1.29 is 19.2 Å². The van der Waals surface area contributed by atoms with Gasteiger partial charge in [-0.05, 0) is 13.3 Å².